The number of aliphatic carboxylic acids is 1. The van der Waals surface area contributed by atoms with Gasteiger partial charge >= 0.3 is 5.97 Å². The van der Waals surface area contributed by atoms with Gasteiger partial charge in [-0.05, 0) is 13.3 Å². The molecule has 2 nitrogen and oxygen atoms in total. The molecule has 0 aromatic carbocycles. The zero-order chi connectivity index (χ0) is 7.94. The Hall–Kier alpha value is -0.670. The smallest absolute Gasteiger partial charge is 0.307 e. The monoisotopic (exact) mass is 150 g/mol. The normalized spacial score (nSPS) is 31.9. The van der Waals surface area contributed by atoms with Crippen molar-refractivity contribution < 1.29 is 18.7 Å². The minimum atomic E-state index is -2.82. The molecule has 1 rings (SSSR count). The topological polar surface area (TPSA) is 37.3 Å². The fourth-order valence-corrected chi connectivity index (χ4v) is 1.03. The van der Waals surface area contributed by atoms with Gasteiger partial charge in [-0.3, -0.25) is 4.79 Å². The van der Waals surface area contributed by atoms with Crippen molar-refractivity contribution in [3.8, 4) is 0 Å². The van der Waals surface area contributed by atoms with Gasteiger partial charge in [-0.1, -0.05) is 0 Å². The Kier molecular flexibility index (Phi) is 1.42. The molecular weight excluding hydrogens is 142 g/mol. The summed E-state index contributed by atoms with van der Waals surface area (Å²) in [6.45, 7) is 0.764. The SMILES string of the molecule is CC(F)(F)C1C[C@@H]1C(=O)O. The molecule has 1 fully saturated rings. The lowest BCUT2D eigenvalue weighted by atomic mass is 10.2. The molecule has 1 aliphatic carbocycles. The van der Waals surface area contributed by atoms with Crippen molar-refractivity contribution in [2.75, 3.05) is 0 Å². The van der Waals surface area contributed by atoms with Crippen LogP contribution < -0.4 is 0 Å². The first-order valence-electron chi connectivity index (χ1n) is 3.03. The average Bonchev–Trinajstić information content (AvgIpc) is 2.35. The number of halogens is 2. The standard InChI is InChI=1S/C6H8F2O2/c1-6(7,8)4-2-3(4)5(9)10/h3-4H,2H2,1H3,(H,9,10)/t3-,4?/m0/s1. The number of carboxylic acids is 1. The summed E-state index contributed by atoms with van der Waals surface area (Å²) in [6.07, 6.45) is 0.124. The molecule has 0 amide bonds. The maximum atomic E-state index is 12.3. The molecule has 4 heteroatoms. The Balaban J connectivity index is 2.46. The molecule has 0 aliphatic heterocycles. The second kappa shape index (κ2) is 1.90. The molecule has 0 radical (unpaired) electrons. The summed E-state index contributed by atoms with van der Waals surface area (Å²) in [7, 11) is 0. The number of rotatable bonds is 2. The van der Waals surface area contributed by atoms with Crippen LogP contribution in [0.3, 0.4) is 0 Å². The lowest BCUT2D eigenvalue weighted by Crippen LogP contribution is -2.16. The molecule has 0 aromatic heterocycles. The van der Waals surface area contributed by atoms with Crippen molar-refractivity contribution >= 4 is 5.97 Å². The molecule has 10 heavy (non-hydrogen) atoms. The van der Waals surface area contributed by atoms with Gasteiger partial charge in [-0.15, -0.1) is 0 Å². The Morgan fingerprint density at radius 2 is 2.20 bits per heavy atom. The average molecular weight is 150 g/mol. The van der Waals surface area contributed by atoms with Gasteiger partial charge in [0.05, 0.1) is 5.92 Å². The highest BCUT2D eigenvalue weighted by Gasteiger charge is 2.55. The van der Waals surface area contributed by atoms with Crippen LogP contribution in [0.25, 0.3) is 0 Å². The Morgan fingerprint density at radius 3 is 2.30 bits per heavy atom. The van der Waals surface area contributed by atoms with Crippen LogP contribution in [-0.2, 0) is 4.79 Å². The Labute approximate surface area is 56.8 Å². The quantitative estimate of drug-likeness (QED) is 0.645. The third kappa shape index (κ3) is 1.25. The maximum Gasteiger partial charge on any atom is 0.307 e. The molecular formula is C6H8F2O2. The molecule has 2 atom stereocenters. The van der Waals surface area contributed by atoms with Gasteiger partial charge in [-0.2, -0.15) is 0 Å². The van der Waals surface area contributed by atoms with E-state index in [2.05, 4.69) is 0 Å². The summed E-state index contributed by atoms with van der Waals surface area (Å²) < 4.78 is 24.5. The lowest BCUT2D eigenvalue weighted by molar-refractivity contribution is -0.140. The molecule has 0 saturated heterocycles. The molecule has 1 saturated carbocycles. The third-order valence-corrected chi connectivity index (χ3v) is 1.76. The molecule has 0 bridgehead atoms. The summed E-state index contributed by atoms with van der Waals surface area (Å²) in [4.78, 5) is 10.1. The van der Waals surface area contributed by atoms with Gasteiger partial charge in [0.25, 0.3) is 0 Å². The minimum absolute atomic E-state index is 0.124. The van der Waals surface area contributed by atoms with Crippen molar-refractivity contribution in [2.24, 2.45) is 11.8 Å². The van der Waals surface area contributed by atoms with Crippen LogP contribution >= 0.6 is 0 Å². The highest BCUT2D eigenvalue weighted by Crippen LogP contribution is 2.48. The molecule has 1 aliphatic rings. The van der Waals surface area contributed by atoms with E-state index in [4.69, 9.17) is 5.11 Å². The van der Waals surface area contributed by atoms with Crippen LogP contribution in [0.4, 0.5) is 8.78 Å². The maximum absolute atomic E-state index is 12.3. The van der Waals surface area contributed by atoms with Crippen LogP contribution in [0.2, 0.25) is 0 Å². The third-order valence-electron chi connectivity index (χ3n) is 1.76. The first-order chi connectivity index (χ1) is 4.43. The highest BCUT2D eigenvalue weighted by molar-refractivity contribution is 5.73. The number of alkyl halides is 2. The van der Waals surface area contributed by atoms with Crippen LogP contribution in [0.1, 0.15) is 13.3 Å². The van der Waals surface area contributed by atoms with E-state index in [1.165, 1.54) is 0 Å². The zero-order valence-corrected chi connectivity index (χ0v) is 5.47. The second-order valence-corrected chi connectivity index (χ2v) is 2.74. The summed E-state index contributed by atoms with van der Waals surface area (Å²) in [5.41, 5.74) is 0. The number of hydrogen-bond acceptors (Lipinski definition) is 1. The Bertz CT molecular complexity index is 162. The second-order valence-electron chi connectivity index (χ2n) is 2.74. The van der Waals surface area contributed by atoms with Gasteiger partial charge < -0.3 is 5.11 Å². The van der Waals surface area contributed by atoms with E-state index in [1.54, 1.807) is 0 Å². The molecule has 0 spiro atoms. The van der Waals surface area contributed by atoms with Crippen molar-refractivity contribution in [1.82, 2.24) is 0 Å². The molecule has 1 unspecified atom stereocenters. The van der Waals surface area contributed by atoms with Gasteiger partial charge in [0.2, 0.25) is 5.92 Å². The van der Waals surface area contributed by atoms with Gasteiger partial charge in [-0.25, -0.2) is 8.78 Å². The van der Waals surface area contributed by atoms with Gasteiger partial charge in [0, 0.05) is 5.92 Å². The number of hydrogen-bond donors (Lipinski definition) is 1. The summed E-state index contributed by atoms with van der Waals surface area (Å²) in [5.74, 6) is -5.65. The van der Waals surface area contributed by atoms with Crippen LogP contribution in [0.5, 0.6) is 0 Å². The van der Waals surface area contributed by atoms with Crippen LogP contribution in [-0.4, -0.2) is 17.0 Å². The largest absolute Gasteiger partial charge is 0.481 e. The van der Waals surface area contributed by atoms with Crippen molar-refractivity contribution in [2.45, 2.75) is 19.3 Å². The van der Waals surface area contributed by atoms with E-state index in [9.17, 15) is 13.6 Å². The van der Waals surface area contributed by atoms with E-state index in [-0.39, 0.29) is 6.42 Å². The molecule has 58 valence electrons. The predicted octanol–water partition coefficient (Wildman–Crippen LogP) is 1.36. The fourth-order valence-electron chi connectivity index (χ4n) is 1.03. The summed E-state index contributed by atoms with van der Waals surface area (Å²) in [6, 6.07) is 0. The first-order valence-corrected chi connectivity index (χ1v) is 3.03. The van der Waals surface area contributed by atoms with E-state index >= 15 is 0 Å². The van der Waals surface area contributed by atoms with E-state index < -0.39 is 23.7 Å². The predicted molar refractivity (Wildman–Crippen MR) is 29.9 cm³/mol. The van der Waals surface area contributed by atoms with E-state index in [0.717, 1.165) is 6.92 Å². The minimum Gasteiger partial charge on any atom is -0.481 e. The van der Waals surface area contributed by atoms with E-state index in [0.29, 0.717) is 0 Å². The molecule has 0 heterocycles. The first kappa shape index (κ1) is 7.44. The number of carboxylic acid groups (broad SMARTS) is 1. The van der Waals surface area contributed by atoms with Crippen molar-refractivity contribution in [3.05, 3.63) is 0 Å². The number of carbonyl (C=O) groups is 1. The highest BCUT2D eigenvalue weighted by atomic mass is 19.3. The van der Waals surface area contributed by atoms with Crippen molar-refractivity contribution in [1.29, 1.82) is 0 Å². The zero-order valence-electron chi connectivity index (χ0n) is 5.47. The van der Waals surface area contributed by atoms with Crippen LogP contribution in [0, 0.1) is 11.8 Å². The fraction of sp³-hybridized carbons (Fsp3) is 0.833. The molecule has 0 aromatic rings. The van der Waals surface area contributed by atoms with E-state index in [1.807, 2.05) is 0 Å². The van der Waals surface area contributed by atoms with Crippen molar-refractivity contribution in [3.63, 3.8) is 0 Å². The summed E-state index contributed by atoms with van der Waals surface area (Å²) >= 11 is 0. The molecule has 1 N–H and O–H groups in total. The van der Waals surface area contributed by atoms with Gasteiger partial charge in [0.1, 0.15) is 0 Å². The van der Waals surface area contributed by atoms with Gasteiger partial charge in [0.15, 0.2) is 0 Å². The summed E-state index contributed by atoms with van der Waals surface area (Å²) in [5, 5.41) is 8.25. The Morgan fingerprint density at radius 1 is 1.70 bits per heavy atom. The van der Waals surface area contributed by atoms with Crippen LogP contribution in [0.15, 0.2) is 0 Å². The lowest BCUT2D eigenvalue weighted by Gasteiger charge is -2.06.